The lowest BCUT2D eigenvalue weighted by Crippen LogP contribution is -2.19. The molecular formula is C31H44O3Si2. The highest BCUT2D eigenvalue weighted by Crippen LogP contribution is 2.30. The van der Waals surface area contributed by atoms with Gasteiger partial charge in [0.15, 0.2) is 5.78 Å². The van der Waals surface area contributed by atoms with Gasteiger partial charge in [-0.2, -0.15) is 0 Å². The van der Waals surface area contributed by atoms with Crippen molar-refractivity contribution in [3.05, 3.63) is 70.8 Å². The first-order valence-corrected chi connectivity index (χ1v) is 20.8. The van der Waals surface area contributed by atoms with Gasteiger partial charge in [-0.15, -0.1) is 0 Å². The normalized spacial score (nSPS) is 16.7. The van der Waals surface area contributed by atoms with E-state index in [2.05, 4.69) is 39.3 Å². The quantitative estimate of drug-likeness (QED) is 0.159. The topological polar surface area (TPSA) is 35.5 Å². The van der Waals surface area contributed by atoms with Crippen molar-refractivity contribution in [3.63, 3.8) is 0 Å². The van der Waals surface area contributed by atoms with Crippen LogP contribution in [0.3, 0.4) is 0 Å². The Morgan fingerprint density at radius 1 is 0.639 bits per heavy atom. The fourth-order valence-electron chi connectivity index (χ4n) is 4.29. The van der Waals surface area contributed by atoms with Gasteiger partial charge >= 0.3 is 0 Å². The third-order valence-corrected chi connectivity index (χ3v) is 10.1. The van der Waals surface area contributed by atoms with Crippen LogP contribution in [0.15, 0.2) is 59.7 Å². The monoisotopic (exact) mass is 520 g/mol. The number of hydrogen-bond acceptors (Lipinski definition) is 3. The number of benzene rings is 2. The molecule has 194 valence electrons. The van der Waals surface area contributed by atoms with Crippen LogP contribution in [0.5, 0.6) is 11.5 Å². The zero-order valence-corrected chi connectivity index (χ0v) is 25.2. The van der Waals surface area contributed by atoms with Gasteiger partial charge in [-0.3, -0.25) is 4.79 Å². The lowest BCUT2D eigenvalue weighted by molar-refractivity contribution is -0.111. The summed E-state index contributed by atoms with van der Waals surface area (Å²) in [5, 5.41) is 0. The molecule has 0 aromatic heterocycles. The predicted molar refractivity (Wildman–Crippen MR) is 160 cm³/mol. The smallest absolute Gasteiger partial charge is 0.185 e. The summed E-state index contributed by atoms with van der Waals surface area (Å²) in [6.45, 7) is 15.9. The Labute approximate surface area is 220 Å². The third-order valence-electron chi connectivity index (χ3n) is 6.37. The molecule has 0 heterocycles. The first kappa shape index (κ1) is 28.2. The molecular weight excluding hydrogens is 477 g/mol. The Morgan fingerprint density at radius 3 is 1.33 bits per heavy atom. The van der Waals surface area contributed by atoms with E-state index < -0.39 is 16.1 Å². The van der Waals surface area contributed by atoms with Crippen LogP contribution in [0.25, 0.3) is 12.2 Å². The minimum atomic E-state index is -1.01. The molecule has 0 aliphatic heterocycles. The predicted octanol–water partition coefficient (Wildman–Crippen LogP) is 8.73. The molecule has 0 radical (unpaired) electrons. The molecule has 0 N–H and O–H groups in total. The van der Waals surface area contributed by atoms with Crippen molar-refractivity contribution in [3.8, 4) is 11.5 Å². The standard InChI is InChI=1S/C31H44O3Si2/c1-35(2,3)21-7-19-33-29-15-9-25(10-16-29)23-27-13-14-28(31(27)32)24-26-11-17-30(18-12-26)34-20-8-22-36(4,5)6/h9-12,15-18,23-24H,7-8,13-14,19-22H2,1-6H3/b27-23+,28-24+. The summed E-state index contributed by atoms with van der Waals surface area (Å²) in [5.74, 6) is 1.96. The Morgan fingerprint density at radius 2 is 1.00 bits per heavy atom. The maximum Gasteiger partial charge on any atom is 0.185 e. The second-order valence-corrected chi connectivity index (χ2v) is 23.6. The maximum atomic E-state index is 13.0. The Kier molecular flexibility index (Phi) is 9.97. The first-order chi connectivity index (χ1) is 17.0. The number of hydrogen-bond donors (Lipinski definition) is 0. The minimum Gasteiger partial charge on any atom is -0.494 e. The summed E-state index contributed by atoms with van der Waals surface area (Å²) in [4.78, 5) is 13.0. The number of rotatable bonds is 12. The first-order valence-electron chi connectivity index (χ1n) is 13.4. The summed E-state index contributed by atoms with van der Waals surface area (Å²) >= 11 is 0. The molecule has 2 aromatic carbocycles. The zero-order chi connectivity index (χ0) is 26.2. The molecule has 1 aliphatic carbocycles. The van der Waals surface area contributed by atoms with Crippen molar-refractivity contribution in [1.82, 2.24) is 0 Å². The highest BCUT2D eigenvalue weighted by atomic mass is 28.3. The molecule has 0 atom stereocenters. The number of ether oxygens (including phenoxy) is 2. The van der Waals surface area contributed by atoms with Crippen LogP contribution in [-0.4, -0.2) is 35.1 Å². The van der Waals surface area contributed by atoms with E-state index >= 15 is 0 Å². The summed E-state index contributed by atoms with van der Waals surface area (Å²) in [7, 11) is -2.01. The largest absolute Gasteiger partial charge is 0.494 e. The summed E-state index contributed by atoms with van der Waals surface area (Å²) in [6.07, 6.45) is 7.85. The van der Waals surface area contributed by atoms with Gasteiger partial charge in [-0.25, -0.2) is 0 Å². The van der Waals surface area contributed by atoms with Crippen LogP contribution in [0, 0.1) is 0 Å². The fraction of sp³-hybridized carbons (Fsp3) is 0.452. The number of Topliss-reactive ketones (excluding diaryl/α,β-unsaturated/α-hetero) is 1. The van der Waals surface area contributed by atoms with Gasteiger partial charge in [-0.1, -0.05) is 75.6 Å². The lowest BCUT2D eigenvalue weighted by Gasteiger charge is -2.15. The number of ketones is 1. The molecule has 36 heavy (non-hydrogen) atoms. The molecule has 0 amide bonds. The number of carbonyl (C=O) groups excluding carboxylic acids is 1. The van der Waals surface area contributed by atoms with Crippen LogP contribution >= 0.6 is 0 Å². The molecule has 1 fully saturated rings. The Hall–Kier alpha value is -2.38. The molecule has 0 spiro atoms. The van der Waals surface area contributed by atoms with E-state index in [1.54, 1.807) is 0 Å². The van der Waals surface area contributed by atoms with E-state index in [1.807, 2.05) is 60.7 Å². The maximum absolute atomic E-state index is 13.0. The molecule has 0 saturated heterocycles. The van der Waals surface area contributed by atoms with Crippen LogP contribution in [0.4, 0.5) is 0 Å². The van der Waals surface area contributed by atoms with E-state index in [9.17, 15) is 4.79 Å². The molecule has 0 bridgehead atoms. The molecule has 1 aliphatic rings. The van der Waals surface area contributed by atoms with Crippen LogP contribution in [0.1, 0.15) is 36.8 Å². The van der Waals surface area contributed by atoms with Crippen molar-refractivity contribution in [2.45, 2.75) is 77.1 Å². The van der Waals surface area contributed by atoms with E-state index in [0.717, 1.165) is 72.7 Å². The SMILES string of the molecule is C[Si](C)(C)CCCOc1ccc(/C=C2\CC/C(=C\c3ccc(OCCC[Si](C)(C)C)cc3)C2=O)cc1. The van der Waals surface area contributed by atoms with Crippen LogP contribution < -0.4 is 9.47 Å². The minimum absolute atomic E-state index is 0.161. The average Bonchev–Trinajstić information content (AvgIpc) is 3.14. The van der Waals surface area contributed by atoms with Gasteiger partial charge in [0.1, 0.15) is 11.5 Å². The molecule has 3 nitrogen and oxygen atoms in total. The highest BCUT2D eigenvalue weighted by molar-refractivity contribution is 6.76. The number of allylic oxidation sites excluding steroid dienone is 2. The van der Waals surface area contributed by atoms with E-state index in [4.69, 9.17) is 9.47 Å². The van der Waals surface area contributed by atoms with Crippen molar-refractivity contribution in [2.75, 3.05) is 13.2 Å². The molecule has 2 aromatic rings. The van der Waals surface area contributed by atoms with E-state index in [0.29, 0.717) is 0 Å². The van der Waals surface area contributed by atoms with E-state index in [1.165, 1.54) is 12.1 Å². The van der Waals surface area contributed by atoms with Gasteiger partial charge in [0.2, 0.25) is 0 Å². The van der Waals surface area contributed by atoms with Crippen LogP contribution in [-0.2, 0) is 4.79 Å². The zero-order valence-electron chi connectivity index (χ0n) is 23.2. The Balaban J connectivity index is 1.51. The number of carbonyl (C=O) groups is 1. The Bertz CT molecular complexity index is 967. The summed E-state index contributed by atoms with van der Waals surface area (Å²) in [5.41, 5.74) is 3.86. The second kappa shape index (κ2) is 12.7. The van der Waals surface area contributed by atoms with Crippen molar-refractivity contribution in [2.24, 2.45) is 0 Å². The van der Waals surface area contributed by atoms with E-state index in [-0.39, 0.29) is 5.78 Å². The van der Waals surface area contributed by atoms with Gasteiger partial charge in [0, 0.05) is 27.3 Å². The van der Waals surface area contributed by atoms with Gasteiger partial charge < -0.3 is 9.47 Å². The second-order valence-electron chi connectivity index (χ2n) is 12.3. The summed E-state index contributed by atoms with van der Waals surface area (Å²) in [6, 6.07) is 18.7. The molecule has 0 unspecified atom stereocenters. The van der Waals surface area contributed by atoms with Crippen molar-refractivity contribution in [1.29, 1.82) is 0 Å². The third kappa shape index (κ3) is 9.94. The van der Waals surface area contributed by atoms with Crippen molar-refractivity contribution < 1.29 is 14.3 Å². The average molecular weight is 521 g/mol. The lowest BCUT2D eigenvalue weighted by atomic mass is 10.1. The van der Waals surface area contributed by atoms with Gasteiger partial charge in [0.25, 0.3) is 0 Å². The molecule has 5 heteroatoms. The fourth-order valence-corrected chi connectivity index (χ4v) is 6.70. The van der Waals surface area contributed by atoms with Gasteiger partial charge in [0.05, 0.1) is 13.2 Å². The molecule has 1 saturated carbocycles. The van der Waals surface area contributed by atoms with Gasteiger partial charge in [-0.05, 0) is 73.2 Å². The summed E-state index contributed by atoms with van der Waals surface area (Å²) < 4.78 is 11.8. The van der Waals surface area contributed by atoms with Crippen LogP contribution in [0.2, 0.25) is 51.4 Å². The molecule has 3 rings (SSSR count). The van der Waals surface area contributed by atoms with Crippen molar-refractivity contribution >= 4 is 34.1 Å². The highest BCUT2D eigenvalue weighted by Gasteiger charge is 2.23.